The number of halogens is 1. The number of rotatable bonds is 4. The van der Waals surface area contributed by atoms with Crippen molar-refractivity contribution in [1.82, 2.24) is 5.32 Å². The average Bonchev–Trinajstić information content (AvgIpc) is 2.27. The van der Waals surface area contributed by atoms with E-state index in [1.54, 1.807) is 19.1 Å². The lowest BCUT2D eigenvalue weighted by Gasteiger charge is -2.13. The van der Waals surface area contributed by atoms with E-state index in [1.165, 1.54) is 6.92 Å². The van der Waals surface area contributed by atoms with Gasteiger partial charge in [-0.05, 0) is 19.4 Å². The summed E-state index contributed by atoms with van der Waals surface area (Å²) in [6.07, 6.45) is 0. The Morgan fingerprint density at radius 1 is 1.18 bits per heavy atom. The third-order valence-corrected chi connectivity index (χ3v) is 2.67. The summed E-state index contributed by atoms with van der Waals surface area (Å²) >= 11 is 5.73. The van der Waals surface area contributed by atoms with Gasteiger partial charge in [-0.3, -0.25) is 9.59 Å². The molecule has 1 amide bonds. The number of hydrogen-bond acceptors (Lipinski definition) is 2. The van der Waals surface area contributed by atoms with Crippen LogP contribution < -0.4 is 5.32 Å². The molecule has 0 aromatic heterocycles. The number of alkyl halides is 1. The van der Waals surface area contributed by atoms with E-state index < -0.39 is 5.38 Å². The quantitative estimate of drug-likeness (QED) is 0.662. The van der Waals surface area contributed by atoms with E-state index in [0.29, 0.717) is 5.56 Å². The molecule has 1 aromatic rings. The van der Waals surface area contributed by atoms with Crippen LogP contribution in [0.2, 0.25) is 0 Å². The maximum atomic E-state index is 11.6. The van der Waals surface area contributed by atoms with Gasteiger partial charge >= 0.3 is 0 Å². The molecule has 1 N–H and O–H groups in total. The Labute approximate surface area is 106 Å². The molecule has 2 atom stereocenters. The highest BCUT2D eigenvalue weighted by Gasteiger charge is 2.13. The summed E-state index contributed by atoms with van der Waals surface area (Å²) in [6.45, 7) is 5.02. The van der Waals surface area contributed by atoms with E-state index in [1.807, 2.05) is 19.1 Å². The van der Waals surface area contributed by atoms with Gasteiger partial charge in [0.15, 0.2) is 5.78 Å². The lowest BCUT2D eigenvalue weighted by atomic mass is 10.0. The van der Waals surface area contributed by atoms with E-state index in [-0.39, 0.29) is 17.7 Å². The molecule has 0 radical (unpaired) electrons. The summed E-state index contributed by atoms with van der Waals surface area (Å²) in [7, 11) is 0. The number of carbonyl (C=O) groups is 2. The second-order valence-corrected chi connectivity index (χ2v) is 4.68. The van der Waals surface area contributed by atoms with Crippen molar-refractivity contribution in [3.8, 4) is 0 Å². The molecule has 0 aliphatic heterocycles. The smallest absolute Gasteiger partial charge is 0.217 e. The summed E-state index contributed by atoms with van der Waals surface area (Å²) in [4.78, 5) is 22.5. The van der Waals surface area contributed by atoms with E-state index in [0.717, 1.165) is 5.56 Å². The monoisotopic (exact) mass is 253 g/mol. The Hall–Kier alpha value is -1.35. The lowest BCUT2D eigenvalue weighted by molar-refractivity contribution is -0.119. The average molecular weight is 254 g/mol. The molecule has 92 valence electrons. The van der Waals surface area contributed by atoms with Gasteiger partial charge in [-0.15, -0.1) is 11.6 Å². The van der Waals surface area contributed by atoms with Gasteiger partial charge in [0.05, 0.1) is 11.4 Å². The van der Waals surface area contributed by atoms with Crippen molar-refractivity contribution in [2.45, 2.75) is 32.2 Å². The number of amides is 1. The zero-order valence-electron chi connectivity index (χ0n) is 10.2. The van der Waals surface area contributed by atoms with Crippen LogP contribution in [0.4, 0.5) is 0 Å². The minimum absolute atomic E-state index is 0.0647. The highest BCUT2D eigenvalue weighted by Crippen LogP contribution is 2.15. The zero-order valence-corrected chi connectivity index (χ0v) is 10.9. The summed E-state index contributed by atoms with van der Waals surface area (Å²) in [6, 6.07) is 7.05. The van der Waals surface area contributed by atoms with Crippen LogP contribution in [0, 0.1) is 0 Å². The fourth-order valence-corrected chi connectivity index (χ4v) is 1.68. The molecule has 0 fully saturated rings. The van der Waals surface area contributed by atoms with Crippen molar-refractivity contribution in [2.24, 2.45) is 0 Å². The second-order valence-electron chi connectivity index (χ2n) is 4.02. The molecule has 0 aliphatic rings. The summed E-state index contributed by atoms with van der Waals surface area (Å²) in [5.74, 6) is -0.169. The highest BCUT2D eigenvalue weighted by atomic mass is 35.5. The third kappa shape index (κ3) is 3.86. The molecule has 0 bridgehead atoms. The summed E-state index contributed by atoms with van der Waals surface area (Å²) in [5, 5.41) is 2.26. The number of carbonyl (C=O) groups excluding carboxylic acids is 2. The first-order valence-corrected chi connectivity index (χ1v) is 5.90. The van der Waals surface area contributed by atoms with Crippen molar-refractivity contribution in [3.05, 3.63) is 35.4 Å². The number of benzene rings is 1. The van der Waals surface area contributed by atoms with Crippen LogP contribution in [0.5, 0.6) is 0 Å². The van der Waals surface area contributed by atoms with Gasteiger partial charge in [0.25, 0.3) is 0 Å². The van der Waals surface area contributed by atoms with Gasteiger partial charge in [0.1, 0.15) is 0 Å². The van der Waals surface area contributed by atoms with Crippen molar-refractivity contribution in [2.75, 3.05) is 0 Å². The molecule has 1 aromatic carbocycles. The predicted octanol–water partition coefficient (Wildman–Crippen LogP) is 2.69. The van der Waals surface area contributed by atoms with E-state index >= 15 is 0 Å². The molecule has 0 saturated heterocycles. The van der Waals surface area contributed by atoms with E-state index in [9.17, 15) is 9.59 Å². The first-order chi connectivity index (χ1) is 7.91. The summed E-state index contributed by atoms with van der Waals surface area (Å²) in [5.41, 5.74) is 1.55. The molecule has 4 heteroatoms. The normalized spacial score (nSPS) is 13.9. The number of hydrogen-bond donors (Lipinski definition) is 1. The fourth-order valence-electron chi connectivity index (χ4n) is 1.55. The van der Waals surface area contributed by atoms with Gasteiger partial charge in [-0.1, -0.05) is 24.3 Å². The van der Waals surface area contributed by atoms with Gasteiger partial charge in [-0.2, -0.15) is 0 Å². The number of nitrogens with one attached hydrogen (secondary N) is 1. The Morgan fingerprint density at radius 3 is 2.12 bits per heavy atom. The molecule has 17 heavy (non-hydrogen) atoms. The predicted molar refractivity (Wildman–Crippen MR) is 68.3 cm³/mol. The second kappa shape index (κ2) is 5.82. The van der Waals surface area contributed by atoms with Gasteiger partial charge in [-0.25, -0.2) is 0 Å². The maximum Gasteiger partial charge on any atom is 0.217 e. The SMILES string of the molecule is CC(=O)N[C@@H](C)c1ccc(C(=O)[C@H](C)Cl)cc1. The first kappa shape index (κ1) is 13.7. The molecule has 0 heterocycles. The van der Waals surface area contributed by atoms with Crippen LogP contribution in [0.15, 0.2) is 24.3 Å². The highest BCUT2D eigenvalue weighted by molar-refractivity contribution is 6.33. The van der Waals surface area contributed by atoms with Gasteiger partial charge < -0.3 is 5.32 Å². The minimum atomic E-state index is -0.520. The molecule has 0 spiro atoms. The Balaban J connectivity index is 2.81. The van der Waals surface area contributed by atoms with Gasteiger partial charge in [0, 0.05) is 12.5 Å². The van der Waals surface area contributed by atoms with Gasteiger partial charge in [0.2, 0.25) is 5.91 Å². The van der Waals surface area contributed by atoms with Crippen molar-refractivity contribution in [3.63, 3.8) is 0 Å². The van der Waals surface area contributed by atoms with Crippen LogP contribution >= 0.6 is 11.6 Å². The molecule has 1 rings (SSSR count). The van der Waals surface area contributed by atoms with Crippen LogP contribution in [0.1, 0.15) is 42.7 Å². The molecular weight excluding hydrogens is 238 g/mol. The molecule has 0 unspecified atom stereocenters. The molecular formula is C13H16ClNO2. The lowest BCUT2D eigenvalue weighted by Crippen LogP contribution is -2.23. The molecule has 0 saturated carbocycles. The third-order valence-electron chi connectivity index (χ3n) is 2.48. The van der Waals surface area contributed by atoms with Crippen LogP contribution in [0.3, 0.4) is 0 Å². The molecule has 3 nitrogen and oxygen atoms in total. The fraction of sp³-hybridized carbons (Fsp3) is 0.385. The Morgan fingerprint density at radius 2 is 1.71 bits per heavy atom. The van der Waals surface area contributed by atoms with Crippen LogP contribution in [-0.2, 0) is 4.79 Å². The van der Waals surface area contributed by atoms with Crippen LogP contribution in [0.25, 0.3) is 0 Å². The topological polar surface area (TPSA) is 46.2 Å². The first-order valence-electron chi connectivity index (χ1n) is 5.47. The zero-order chi connectivity index (χ0) is 13.0. The number of ketones is 1. The Bertz CT molecular complexity index is 412. The van der Waals surface area contributed by atoms with Crippen molar-refractivity contribution >= 4 is 23.3 Å². The Kier molecular flexibility index (Phi) is 4.70. The standard InChI is InChI=1S/C13H16ClNO2/c1-8(14)13(17)12-6-4-11(5-7-12)9(2)15-10(3)16/h4-9H,1-3H3,(H,15,16)/t8-,9-/m0/s1. The molecule has 0 aliphatic carbocycles. The van der Waals surface area contributed by atoms with Crippen molar-refractivity contribution < 1.29 is 9.59 Å². The number of Topliss-reactive ketones (excluding diaryl/α,β-unsaturated/α-hetero) is 1. The largest absolute Gasteiger partial charge is 0.350 e. The van der Waals surface area contributed by atoms with Crippen molar-refractivity contribution in [1.29, 1.82) is 0 Å². The summed E-state index contributed by atoms with van der Waals surface area (Å²) < 4.78 is 0. The minimum Gasteiger partial charge on any atom is -0.350 e. The maximum absolute atomic E-state index is 11.6. The van der Waals surface area contributed by atoms with E-state index in [2.05, 4.69) is 5.32 Å². The van der Waals surface area contributed by atoms with E-state index in [4.69, 9.17) is 11.6 Å². The van der Waals surface area contributed by atoms with Crippen LogP contribution in [-0.4, -0.2) is 17.1 Å².